The summed E-state index contributed by atoms with van der Waals surface area (Å²) < 4.78 is 0. The highest BCUT2D eigenvalue weighted by atomic mass is 16.2. The summed E-state index contributed by atoms with van der Waals surface area (Å²) in [5, 5.41) is 0.527. The van der Waals surface area contributed by atoms with Crippen molar-refractivity contribution < 1.29 is 9.59 Å². The van der Waals surface area contributed by atoms with Crippen LogP contribution in [0.1, 0.15) is 18.7 Å². The second-order valence-corrected chi connectivity index (χ2v) is 6.76. The molecule has 1 fully saturated rings. The van der Waals surface area contributed by atoms with Gasteiger partial charge >= 0.3 is 0 Å². The Hall–Kier alpha value is -2.74. The minimum atomic E-state index is -0.385. The summed E-state index contributed by atoms with van der Waals surface area (Å²) in [4.78, 5) is 46.7. The Morgan fingerprint density at radius 1 is 1.38 bits per heavy atom. The van der Waals surface area contributed by atoms with Crippen LogP contribution in [0, 0.1) is 5.92 Å². The molecule has 1 aromatic carbocycles. The first kappa shape index (κ1) is 18.1. The van der Waals surface area contributed by atoms with E-state index in [2.05, 4.69) is 9.97 Å². The molecule has 1 aromatic heterocycles. The summed E-state index contributed by atoms with van der Waals surface area (Å²) in [5.41, 5.74) is 5.65. The third-order valence-corrected chi connectivity index (χ3v) is 4.66. The molecule has 3 rings (SSSR count). The maximum absolute atomic E-state index is 12.7. The highest BCUT2D eigenvalue weighted by Crippen LogP contribution is 2.19. The van der Waals surface area contributed by atoms with Crippen LogP contribution >= 0.6 is 0 Å². The summed E-state index contributed by atoms with van der Waals surface area (Å²) in [6.07, 6.45) is 1.63. The maximum atomic E-state index is 12.7. The second kappa shape index (κ2) is 7.65. The van der Waals surface area contributed by atoms with Gasteiger partial charge in [0, 0.05) is 13.6 Å². The van der Waals surface area contributed by atoms with E-state index in [9.17, 15) is 14.4 Å². The van der Waals surface area contributed by atoms with E-state index in [1.807, 2.05) is 11.0 Å². The van der Waals surface area contributed by atoms with E-state index in [0.717, 1.165) is 19.4 Å². The van der Waals surface area contributed by atoms with Crippen molar-refractivity contribution in [2.24, 2.45) is 11.7 Å². The number of hydrogen-bond acceptors (Lipinski definition) is 5. The van der Waals surface area contributed by atoms with E-state index < -0.39 is 0 Å². The Kier molecular flexibility index (Phi) is 5.32. The van der Waals surface area contributed by atoms with Gasteiger partial charge in [0.2, 0.25) is 11.8 Å². The van der Waals surface area contributed by atoms with Crippen LogP contribution in [0.15, 0.2) is 29.1 Å². The molecule has 1 aliphatic heterocycles. The van der Waals surface area contributed by atoms with Crippen LogP contribution in [0.25, 0.3) is 10.9 Å². The van der Waals surface area contributed by atoms with Crippen molar-refractivity contribution in [2.45, 2.75) is 19.4 Å². The third kappa shape index (κ3) is 4.08. The SMILES string of the molecule is CN(Cc1nc2ccccc2c(=O)[nH]1)C(=O)[C@@H]1CCCN(CC(N)=O)C1. The third-order valence-electron chi connectivity index (χ3n) is 4.66. The van der Waals surface area contributed by atoms with Crippen LogP contribution in [0.3, 0.4) is 0 Å². The molecule has 1 saturated heterocycles. The zero-order valence-corrected chi connectivity index (χ0v) is 14.8. The van der Waals surface area contributed by atoms with Gasteiger partial charge < -0.3 is 15.6 Å². The number of fused-ring (bicyclic) bond motifs is 1. The number of aromatic amines is 1. The van der Waals surface area contributed by atoms with Crippen molar-refractivity contribution in [3.05, 3.63) is 40.4 Å². The molecular formula is C18H23N5O3. The van der Waals surface area contributed by atoms with Crippen LogP contribution in [0.4, 0.5) is 0 Å². The number of piperidine rings is 1. The number of nitrogens with zero attached hydrogens (tertiary/aromatic N) is 3. The van der Waals surface area contributed by atoms with E-state index >= 15 is 0 Å². The number of para-hydroxylation sites is 1. The van der Waals surface area contributed by atoms with Gasteiger partial charge in [0.1, 0.15) is 5.82 Å². The fraction of sp³-hybridized carbons (Fsp3) is 0.444. The number of nitrogens with one attached hydrogen (secondary N) is 1. The average molecular weight is 357 g/mol. The largest absolute Gasteiger partial charge is 0.369 e. The van der Waals surface area contributed by atoms with Gasteiger partial charge in [0.25, 0.3) is 5.56 Å². The molecule has 0 aliphatic carbocycles. The molecule has 0 unspecified atom stereocenters. The number of nitrogens with two attached hydrogens (primary N) is 1. The van der Waals surface area contributed by atoms with Gasteiger partial charge in [-0.05, 0) is 31.5 Å². The number of benzene rings is 1. The molecular weight excluding hydrogens is 334 g/mol. The second-order valence-electron chi connectivity index (χ2n) is 6.76. The quantitative estimate of drug-likeness (QED) is 0.787. The summed E-state index contributed by atoms with van der Waals surface area (Å²) in [6, 6.07) is 7.10. The lowest BCUT2D eigenvalue weighted by atomic mass is 9.96. The Bertz CT molecular complexity index is 879. The van der Waals surface area contributed by atoms with E-state index in [0.29, 0.717) is 23.3 Å². The Balaban J connectivity index is 1.69. The number of primary amides is 1. The predicted molar refractivity (Wildman–Crippen MR) is 97.2 cm³/mol. The molecule has 2 amide bonds. The molecule has 1 aliphatic rings. The van der Waals surface area contributed by atoms with Crippen molar-refractivity contribution in [3.63, 3.8) is 0 Å². The van der Waals surface area contributed by atoms with E-state index in [-0.39, 0.29) is 36.4 Å². The molecule has 2 heterocycles. The number of amides is 2. The Labute approximate surface area is 151 Å². The maximum Gasteiger partial charge on any atom is 0.258 e. The van der Waals surface area contributed by atoms with Crippen molar-refractivity contribution >= 4 is 22.7 Å². The standard InChI is InChI=1S/C18H23N5O3/c1-22(18(26)12-5-4-8-23(9-12)10-15(19)24)11-16-20-14-7-3-2-6-13(14)17(25)21-16/h2-3,6-7,12H,4-5,8-11H2,1H3,(H2,19,24)(H,20,21,25)/t12-/m1/s1. The molecule has 1 atom stereocenters. The number of rotatable bonds is 5. The van der Waals surface area contributed by atoms with Crippen molar-refractivity contribution in [2.75, 3.05) is 26.7 Å². The number of aromatic nitrogens is 2. The van der Waals surface area contributed by atoms with Gasteiger partial charge in [-0.1, -0.05) is 12.1 Å². The van der Waals surface area contributed by atoms with Crippen LogP contribution in [0.2, 0.25) is 0 Å². The van der Waals surface area contributed by atoms with E-state index in [1.165, 1.54) is 0 Å². The smallest absolute Gasteiger partial charge is 0.258 e. The van der Waals surface area contributed by atoms with Crippen LogP contribution in [-0.4, -0.2) is 58.3 Å². The van der Waals surface area contributed by atoms with Crippen molar-refractivity contribution in [1.82, 2.24) is 19.8 Å². The van der Waals surface area contributed by atoms with Crippen LogP contribution < -0.4 is 11.3 Å². The fourth-order valence-electron chi connectivity index (χ4n) is 3.45. The molecule has 2 aromatic rings. The molecule has 8 heteroatoms. The lowest BCUT2D eigenvalue weighted by Crippen LogP contribution is -2.46. The molecule has 3 N–H and O–H groups in total. The lowest BCUT2D eigenvalue weighted by molar-refractivity contribution is -0.137. The topological polar surface area (TPSA) is 112 Å². The van der Waals surface area contributed by atoms with Gasteiger partial charge in [-0.3, -0.25) is 19.3 Å². The van der Waals surface area contributed by atoms with Gasteiger partial charge in [-0.2, -0.15) is 0 Å². The van der Waals surface area contributed by atoms with E-state index in [1.54, 1.807) is 30.1 Å². The van der Waals surface area contributed by atoms with Crippen LogP contribution in [0.5, 0.6) is 0 Å². The zero-order valence-electron chi connectivity index (χ0n) is 14.8. The van der Waals surface area contributed by atoms with Gasteiger partial charge in [0.05, 0.1) is 29.9 Å². The molecule has 0 saturated carbocycles. The highest BCUT2D eigenvalue weighted by Gasteiger charge is 2.28. The molecule has 0 bridgehead atoms. The van der Waals surface area contributed by atoms with E-state index in [4.69, 9.17) is 5.73 Å². The number of H-pyrrole nitrogens is 1. The number of likely N-dealkylation sites (tertiary alicyclic amines) is 1. The van der Waals surface area contributed by atoms with Crippen LogP contribution in [-0.2, 0) is 16.1 Å². The van der Waals surface area contributed by atoms with Gasteiger partial charge in [-0.25, -0.2) is 4.98 Å². The first-order chi connectivity index (χ1) is 12.4. The first-order valence-electron chi connectivity index (χ1n) is 8.67. The molecule has 0 radical (unpaired) electrons. The summed E-state index contributed by atoms with van der Waals surface area (Å²) in [5.74, 6) is -0.131. The zero-order chi connectivity index (χ0) is 18.7. The summed E-state index contributed by atoms with van der Waals surface area (Å²) in [6.45, 7) is 1.70. The van der Waals surface area contributed by atoms with Crippen molar-refractivity contribution in [3.8, 4) is 0 Å². The van der Waals surface area contributed by atoms with Gasteiger partial charge in [0.15, 0.2) is 0 Å². The minimum Gasteiger partial charge on any atom is -0.369 e. The molecule has 26 heavy (non-hydrogen) atoms. The minimum absolute atomic E-state index is 0.0185. The predicted octanol–water partition coefficient (Wildman–Crippen LogP) is 0.0788. The normalized spacial score (nSPS) is 18.0. The molecule has 8 nitrogen and oxygen atoms in total. The molecule has 0 spiro atoms. The number of hydrogen-bond donors (Lipinski definition) is 2. The Morgan fingerprint density at radius 2 is 2.15 bits per heavy atom. The highest BCUT2D eigenvalue weighted by molar-refractivity contribution is 5.80. The lowest BCUT2D eigenvalue weighted by Gasteiger charge is -2.33. The van der Waals surface area contributed by atoms with Crippen molar-refractivity contribution in [1.29, 1.82) is 0 Å². The average Bonchev–Trinajstić information content (AvgIpc) is 2.60. The number of carbonyl (C=O) groups is 2. The first-order valence-corrected chi connectivity index (χ1v) is 8.67. The number of carbonyl (C=O) groups excluding carboxylic acids is 2. The summed E-state index contributed by atoms with van der Waals surface area (Å²) in [7, 11) is 1.70. The summed E-state index contributed by atoms with van der Waals surface area (Å²) >= 11 is 0. The molecule has 138 valence electrons. The Morgan fingerprint density at radius 3 is 2.92 bits per heavy atom. The van der Waals surface area contributed by atoms with Gasteiger partial charge in [-0.15, -0.1) is 0 Å². The fourth-order valence-corrected chi connectivity index (χ4v) is 3.45. The monoisotopic (exact) mass is 357 g/mol.